The molecule has 0 radical (unpaired) electrons. The van der Waals surface area contributed by atoms with E-state index in [4.69, 9.17) is 10.5 Å². The van der Waals surface area contributed by atoms with Crippen molar-refractivity contribution in [3.8, 4) is 0 Å². The van der Waals surface area contributed by atoms with Crippen molar-refractivity contribution >= 4 is 0 Å². The molecule has 0 amide bonds. The Kier molecular flexibility index (Phi) is 6.37. The van der Waals surface area contributed by atoms with Crippen LogP contribution in [0.1, 0.15) is 58.8 Å². The fourth-order valence-electron chi connectivity index (χ4n) is 2.79. The average Bonchev–Trinajstić information content (AvgIpc) is 2.35. The van der Waals surface area contributed by atoms with Crippen molar-refractivity contribution in [3.63, 3.8) is 0 Å². The highest BCUT2D eigenvalue weighted by molar-refractivity contribution is 4.86. The van der Waals surface area contributed by atoms with Crippen LogP contribution in [-0.4, -0.2) is 19.8 Å². The van der Waals surface area contributed by atoms with Crippen LogP contribution in [0.3, 0.4) is 0 Å². The van der Waals surface area contributed by atoms with Gasteiger partial charge in [-0.3, -0.25) is 0 Å². The third-order valence-electron chi connectivity index (χ3n) is 4.30. The zero-order valence-electron chi connectivity index (χ0n) is 11.1. The fourth-order valence-corrected chi connectivity index (χ4v) is 2.79. The van der Waals surface area contributed by atoms with Crippen molar-refractivity contribution in [2.24, 2.45) is 17.1 Å². The van der Waals surface area contributed by atoms with Crippen LogP contribution in [0.15, 0.2) is 0 Å². The van der Waals surface area contributed by atoms with E-state index in [0.717, 1.165) is 32.1 Å². The van der Waals surface area contributed by atoms with E-state index in [1.807, 2.05) is 0 Å². The smallest absolute Gasteiger partial charge is 0.0471 e. The zero-order valence-corrected chi connectivity index (χ0v) is 11.1. The largest absolute Gasteiger partial charge is 0.381 e. The molecule has 2 N–H and O–H groups in total. The number of hydrogen-bond acceptors (Lipinski definition) is 2. The molecule has 0 aromatic rings. The molecule has 0 aromatic carbocycles. The molecule has 0 bridgehead atoms. The third kappa shape index (κ3) is 4.06. The van der Waals surface area contributed by atoms with E-state index in [1.165, 1.54) is 38.5 Å². The Labute approximate surface area is 101 Å². The minimum Gasteiger partial charge on any atom is -0.381 e. The van der Waals surface area contributed by atoms with Gasteiger partial charge in [-0.1, -0.05) is 20.3 Å². The van der Waals surface area contributed by atoms with E-state index < -0.39 is 0 Å². The number of rotatable bonds is 7. The molecule has 0 spiro atoms. The summed E-state index contributed by atoms with van der Waals surface area (Å²) in [5.41, 5.74) is 6.39. The summed E-state index contributed by atoms with van der Waals surface area (Å²) < 4.78 is 5.61. The van der Waals surface area contributed by atoms with Gasteiger partial charge in [0.1, 0.15) is 0 Å². The molecule has 0 unspecified atom stereocenters. The van der Waals surface area contributed by atoms with Gasteiger partial charge in [-0.15, -0.1) is 0 Å². The van der Waals surface area contributed by atoms with Gasteiger partial charge in [-0.2, -0.15) is 0 Å². The summed E-state index contributed by atoms with van der Waals surface area (Å²) in [7, 11) is 0. The molecule has 0 aliphatic heterocycles. The highest BCUT2D eigenvalue weighted by Crippen LogP contribution is 2.41. The first-order valence-electron chi connectivity index (χ1n) is 7.04. The van der Waals surface area contributed by atoms with Crippen LogP contribution in [0.5, 0.6) is 0 Å². The summed E-state index contributed by atoms with van der Waals surface area (Å²) in [4.78, 5) is 0. The molecule has 2 nitrogen and oxygen atoms in total. The first kappa shape index (κ1) is 14.0. The van der Waals surface area contributed by atoms with E-state index in [-0.39, 0.29) is 0 Å². The maximum Gasteiger partial charge on any atom is 0.0471 e. The first-order valence-corrected chi connectivity index (χ1v) is 7.04. The quantitative estimate of drug-likeness (QED) is 0.677. The maximum atomic E-state index is 5.98. The second kappa shape index (κ2) is 7.29. The van der Waals surface area contributed by atoms with Crippen molar-refractivity contribution in [1.29, 1.82) is 0 Å². The fraction of sp³-hybridized carbons (Fsp3) is 1.00. The Morgan fingerprint density at radius 1 is 1.19 bits per heavy atom. The summed E-state index contributed by atoms with van der Waals surface area (Å²) in [5.74, 6) is 0.955. The molecule has 0 aromatic heterocycles. The van der Waals surface area contributed by atoms with Crippen LogP contribution in [0.2, 0.25) is 0 Å². The van der Waals surface area contributed by atoms with Crippen LogP contribution in [0.25, 0.3) is 0 Å². The minimum atomic E-state index is 0.402. The zero-order chi connectivity index (χ0) is 11.9. The predicted octanol–water partition coefficient (Wildman–Crippen LogP) is 3.35. The van der Waals surface area contributed by atoms with E-state index >= 15 is 0 Å². The molecule has 2 heteroatoms. The molecule has 96 valence electrons. The summed E-state index contributed by atoms with van der Waals surface area (Å²) in [6, 6.07) is 0. The SMILES string of the molecule is CCCOCCC1(CN)CCC(CC)CC1. The molecule has 1 aliphatic carbocycles. The number of nitrogens with two attached hydrogens (primary N) is 1. The van der Waals surface area contributed by atoms with Gasteiger partial charge in [0.05, 0.1) is 0 Å². The van der Waals surface area contributed by atoms with Crippen LogP contribution in [-0.2, 0) is 4.74 Å². The van der Waals surface area contributed by atoms with Gasteiger partial charge in [-0.25, -0.2) is 0 Å². The van der Waals surface area contributed by atoms with Gasteiger partial charge >= 0.3 is 0 Å². The first-order chi connectivity index (χ1) is 7.76. The Balaban J connectivity index is 2.28. The van der Waals surface area contributed by atoms with Crippen LogP contribution in [0, 0.1) is 11.3 Å². The molecule has 0 saturated heterocycles. The van der Waals surface area contributed by atoms with Crippen molar-refractivity contribution < 1.29 is 4.74 Å². The molecule has 1 fully saturated rings. The lowest BCUT2D eigenvalue weighted by atomic mass is 9.68. The monoisotopic (exact) mass is 227 g/mol. The maximum absolute atomic E-state index is 5.98. The van der Waals surface area contributed by atoms with Crippen LogP contribution >= 0.6 is 0 Å². The Bertz CT molecular complexity index is 174. The van der Waals surface area contributed by atoms with Crippen molar-refractivity contribution in [1.82, 2.24) is 0 Å². The van der Waals surface area contributed by atoms with Crippen LogP contribution < -0.4 is 5.73 Å². The second-order valence-corrected chi connectivity index (χ2v) is 5.42. The van der Waals surface area contributed by atoms with Gasteiger partial charge in [0.25, 0.3) is 0 Å². The highest BCUT2D eigenvalue weighted by atomic mass is 16.5. The number of ether oxygens (including phenoxy) is 1. The minimum absolute atomic E-state index is 0.402. The van der Waals surface area contributed by atoms with E-state index in [9.17, 15) is 0 Å². The standard InChI is InChI=1S/C14H29NO/c1-3-10-16-11-9-14(12-15)7-5-13(4-2)6-8-14/h13H,3-12,15H2,1-2H3. The lowest BCUT2D eigenvalue weighted by Gasteiger charge is -2.39. The van der Waals surface area contributed by atoms with Gasteiger partial charge in [-0.05, 0) is 56.4 Å². The third-order valence-corrected chi connectivity index (χ3v) is 4.30. The highest BCUT2D eigenvalue weighted by Gasteiger charge is 2.33. The normalized spacial score (nSPS) is 30.6. The molecule has 0 heterocycles. The molecule has 16 heavy (non-hydrogen) atoms. The lowest BCUT2D eigenvalue weighted by Crippen LogP contribution is -2.36. The lowest BCUT2D eigenvalue weighted by molar-refractivity contribution is 0.0672. The van der Waals surface area contributed by atoms with E-state index in [1.54, 1.807) is 0 Å². The summed E-state index contributed by atoms with van der Waals surface area (Å²) in [6.45, 7) is 7.12. The summed E-state index contributed by atoms with van der Waals surface area (Å²) in [5, 5.41) is 0. The van der Waals surface area contributed by atoms with Crippen LogP contribution in [0.4, 0.5) is 0 Å². The second-order valence-electron chi connectivity index (χ2n) is 5.42. The Morgan fingerprint density at radius 3 is 2.38 bits per heavy atom. The molecule has 0 atom stereocenters. The van der Waals surface area contributed by atoms with E-state index in [2.05, 4.69) is 13.8 Å². The average molecular weight is 227 g/mol. The Morgan fingerprint density at radius 2 is 1.88 bits per heavy atom. The molecule has 1 rings (SSSR count). The number of hydrogen-bond donors (Lipinski definition) is 1. The van der Waals surface area contributed by atoms with Crippen molar-refractivity contribution in [2.45, 2.75) is 58.8 Å². The van der Waals surface area contributed by atoms with Gasteiger partial charge in [0.15, 0.2) is 0 Å². The Hall–Kier alpha value is -0.0800. The van der Waals surface area contributed by atoms with Crippen molar-refractivity contribution in [3.05, 3.63) is 0 Å². The van der Waals surface area contributed by atoms with Gasteiger partial charge in [0, 0.05) is 13.2 Å². The predicted molar refractivity (Wildman–Crippen MR) is 69.5 cm³/mol. The van der Waals surface area contributed by atoms with E-state index in [0.29, 0.717) is 5.41 Å². The summed E-state index contributed by atoms with van der Waals surface area (Å²) >= 11 is 0. The molecule has 1 aliphatic rings. The van der Waals surface area contributed by atoms with Gasteiger partial charge < -0.3 is 10.5 Å². The van der Waals surface area contributed by atoms with Crippen molar-refractivity contribution in [2.75, 3.05) is 19.8 Å². The van der Waals surface area contributed by atoms with Gasteiger partial charge in [0.2, 0.25) is 0 Å². The molecular formula is C14H29NO. The topological polar surface area (TPSA) is 35.2 Å². The molecule has 1 saturated carbocycles. The summed E-state index contributed by atoms with van der Waals surface area (Å²) in [6.07, 6.45) is 9.01. The molecular weight excluding hydrogens is 198 g/mol.